The van der Waals surface area contributed by atoms with Crippen LogP contribution in [0.1, 0.15) is 24.0 Å². The number of hydrogen-bond acceptors (Lipinski definition) is 6. The molecule has 152 valence electrons. The number of carbonyl (C=O) groups is 1. The molecule has 0 aliphatic rings. The van der Waals surface area contributed by atoms with Crippen molar-refractivity contribution in [2.45, 2.75) is 31.5 Å². The smallest absolute Gasteiger partial charge is 0.382 e. The standard InChI is InChI=1S/C19H18F3N5O2/c1-11-3-4-13(18(29,5-2-6-28)19(20,21)22)7-14(11)15-10-24-17(23)16(27-15)12-8-25-26-9-12/h3-4,6-10,29H,2,5H2,1H3,(H2,23,24)(H,25,26). The van der Waals surface area contributed by atoms with E-state index < -0.39 is 24.6 Å². The van der Waals surface area contributed by atoms with Gasteiger partial charge in [-0.3, -0.25) is 5.10 Å². The molecule has 0 spiro atoms. The number of nitrogens with one attached hydrogen (secondary N) is 1. The number of halogens is 3. The summed E-state index contributed by atoms with van der Waals surface area (Å²) in [6.07, 6.45) is -1.43. The van der Waals surface area contributed by atoms with Crippen molar-refractivity contribution in [3.63, 3.8) is 0 Å². The molecule has 4 N–H and O–H groups in total. The molecule has 0 amide bonds. The third kappa shape index (κ3) is 3.83. The second-order valence-corrected chi connectivity index (χ2v) is 6.57. The van der Waals surface area contributed by atoms with Crippen LogP contribution in [0.5, 0.6) is 0 Å². The number of nitrogens with zero attached hydrogens (tertiary/aromatic N) is 3. The van der Waals surface area contributed by atoms with Gasteiger partial charge in [0.2, 0.25) is 0 Å². The number of nitrogens with two attached hydrogens (primary N) is 1. The Labute approximate surface area is 163 Å². The number of nitrogen functional groups attached to an aromatic ring is 1. The van der Waals surface area contributed by atoms with Gasteiger partial charge in [-0.1, -0.05) is 12.1 Å². The van der Waals surface area contributed by atoms with Crippen molar-refractivity contribution in [2.24, 2.45) is 0 Å². The number of benzene rings is 1. The Morgan fingerprint density at radius 3 is 2.66 bits per heavy atom. The van der Waals surface area contributed by atoms with Crippen LogP contribution in [0, 0.1) is 6.92 Å². The first-order valence-electron chi connectivity index (χ1n) is 8.63. The summed E-state index contributed by atoms with van der Waals surface area (Å²) >= 11 is 0. The summed E-state index contributed by atoms with van der Waals surface area (Å²) < 4.78 is 40.9. The lowest BCUT2D eigenvalue weighted by molar-refractivity contribution is -0.269. The molecular weight excluding hydrogens is 387 g/mol. The molecule has 0 radical (unpaired) electrons. The number of H-pyrrole nitrogens is 1. The lowest BCUT2D eigenvalue weighted by Gasteiger charge is -2.31. The molecule has 2 aromatic heterocycles. The summed E-state index contributed by atoms with van der Waals surface area (Å²) in [5.74, 6) is 0.140. The maximum atomic E-state index is 13.6. The zero-order valence-electron chi connectivity index (χ0n) is 15.4. The maximum Gasteiger partial charge on any atom is 0.421 e. The van der Waals surface area contributed by atoms with Gasteiger partial charge in [0.05, 0.1) is 18.1 Å². The van der Waals surface area contributed by atoms with Crippen molar-refractivity contribution in [1.29, 1.82) is 0 Å². The molecule has 0 saturated heterocycles. The van der Waals surface area contributed by atoms with Gasteiger partial charge in [-0.25, -0.2) is 9.97 Å². The first-order chi connectivity index (χ1) is 13.7. The van der Waals surface area contributed by atoms with E-state index in [0.29, 0.717) is 28.7 Å². The molecule has 0 fully saturated rings. The summed E-state index contributed by atoms with van der Waals surface area (Å²) in [5, 5.41) is 16.9. The first-order valence-corrected chi connectivity index (χ1v) is 8.63. The minimum Gasteiger partial charge on any atom is -0.382 e. The Bertz CT molecular complexity index is 1020. The van der Waals surface area contributed by atoms with E-state index >= 15 is 0 Å². The van der Waals surface area contributed by atoms with Crippen molar-refractivity contribution in [2.75, 3.05) is 5.73 Å². The Hall–Kier alpha value is -3.27. The molecule has 2 heterocycles. The highest BCUT2D eigenvalue weighted by molar-refractivity contribution is 5.73. The van der Waals surface area contributed by atoms with Crippen LogP contribution in [0.2, 0.25) is 0 Å². The van der Waals surface area contributed by atoms with Crippen LogP contribution < -0.4 is 5.73 Å². The molecule has 0 aliphatic heterocycles. The highest BCUT2D eigenvalue weighted by Gasteiger charge is 2.54. The molecule has 10 heteroatoms. The van der Waals surface area contributed by atoms with Gasteiger partial charge in [0.15, 0.2) is 5.60 Å². The van der Waals surface area contributed by atoms with E-state index in [4.69, 9.17) is 5.73 Å². The van der Waals surface area contributed by atoms with Gasteiger partial charge in [0, 0.05) is 23.7 Å². The largest absolute Gasteiger partial charge is 0.421 e. The van der Waals surface area contributed by atoms with Crippen LogP contribution in [0.4, 0.5) is 19.0 Å². The van der Waals surface area contributed by atoms with Crippen LogP contribution in [0.15, 0.2) is 36.8 Å². The lowest BCUT2D eigenvalue weighted by Crippen LogP contribution is -2.42. The van der Waals surface area contributed by atoms with Gasteiger partial charge in [0.1, 0.15) is 17.8 Å². The minimum absolute atomic E-state index is 0.140. The number of alkyl halides is 3. The molecule has 3 rings (SSSR count). The van der Waals surface area contributed by atoms with Gasteiger partial charge in [-0.15, -0.1) is 0 Å². The molecule has 29 heavy (non-hydrogen) atoms. The van der Waals surface area contributed by atoms with Crippen LogP contribution in [0.25, 0.3) is 22.5 Å². The van der Waals surface area contributed by atoms with E-state index in [2.05, 4.69) is 20.2 Å². The van der Waals surface area contributed by atoms with Crippen molar-refractivity contribution < 1.29 is 23.1 Å². The second kappa shape index (κ2) is 7.63. The third-order valence-corrected chi connectivity index (χ3v) is 4.66. The first kappa shape index (κ1) is 20.5. The quantitative estimate of drug-likeness (QED) is 0.542. The van der Waals surface area contributed by atoms with Gasteiger partial charge in [-0.05, 0) is 30.5 Å². The third-order valence-electron chi connectivity index (χ3n) is 4.66. The molecule has 0 aliphatic carbocycles. The molecule has 0 bridgehead atoms. The van der Waals surface area contributed by atoms with E-state index in [0.717, 1.165) is 0 Å². The summed E-state index contributed by atoms with van der Waals surface area (Å²) in [4.78, 5) is 19.1. The predicted molar refractivity (Wildman–Crippen MR) is 99.4 cm³/mol. The average molecular weight is 405 g/mol. The number of aldehydes is 1. The molecule has 1 unspecified atom stereocenters. The number of rotatable bonds is 6. The fourth-order valence-electron chi connectivity index (χ4n) is 2.99. The van der Waals surface area contributed by atoms with Gasteiger partial charge in [-0.2, -0.15) is 18.3 Å². The van der Waals surface area contributed by atoms with E-state index in [-0.39, 0.29) is 17.1 Å². The molecule has 1 atom stereocenters. The maximum absolute atomic E-state index is 13.6. The number of aromatic amines is 1. The zero-order valence-corrected chi connectivity index (χ0v) is 15.4. The van der Waals surface area contributed by atoms with Crippen LogP contribution in [-0.4, -0.2) is 37.7 Å². The Kier molecular flexibility index (Phi) is 5.38. The molecule has 7 nitrogen and oxygen atoms in total. The normalized spacial score (nSPS) is 13.8. The predicted octanol–water partition coefficient (Wildman–Crippen LogP) is 3.15. The Morgan fingerprint density at radius 1 is 1.28 bits per heavy atom. The van der Waals surface area contributed by atoms with E-state index in [1.54, 1.807) is 13.1 Å². The van der Waals surface area contributed by atoms with E-state index in [9.17, 15) is 23.1 Å². The number of carbonyl (C=O) groups excluding carboxylic acids is 1. The molecule has 0 saturated carbocycles. The van der Waals surface area contributed by atoms with E-state index in [1.807, 2.05) is 0 Å². The van der Waals surface area contributed by atoms with Crippen molar-refractivity contribution in [3.05, 3.63) is 47.9 Å². The van der Waals surface area contributed by atoms with Crippen LogP contribution >= 0.6 is 0 Å². The highest BCUT2D eigenvalue weighted by atomic mass is 19.4. The monoisotopic (exact) mass is 405 g/mol. The summed E-state index contributed by atoms with van der Waals surface area (Å²) in [6, 6.07) is 3.86. The number of aryl methyl sites for hydroxylation is 1. The van der Waals surface area contributed by atoms with Gasteiger partial charge < -0.3 is 15.6 Å². The van der Waals surface area contributed by atoms with Gasteiger partial charge in [0.25, 0.3) is 0 Å². The van der Waals surface area contributed by atoms with E-state index in [1.165, 1.54) is 30.6 Å². The van der Waals surface area contributed by atoms with Crippen LogP contribution in [-0.2, 0) is 10.4 Å². The fourth-order valence-corrected chi connectivity index (χ4v) is 2.99. The van der Waals surface area contributed by atoms with Crippen molar-refractivity contribution in [3.8, 4) is 22.5 Å². The topological polar surface area (TPSA) is 118 Å². The second-order valence-electron chi connectivity index (χ2n) is 6.57. The van der Waals surface area contributed by atoms with Crippen molar-refractivity contribution >= 4 is 12.1 Å². The average Bonchev–Trinajstić information content (AvgIpc) is 3.20. The zero-order chi connectivity index (χ0) is 21.2. The highest BCUT2D eigenvalue weighted by Crippen LogP contribution is 2.43. The number of anilines is 1. The number of hydrogen-bond donors (Lipinski definition) is 3. The van der Waals surface area contributed by atoms with Crippen molar-refractivity contribution in [1.82, 2.24) is 20.2 Å². The lowest BCUT2D eigenvalue weighted by atomic mass is 9.86. The number of aromatic nitrogens is 4. The number of aliphatic hydroxyl groups is 1. The minimum atomic E-state index is -4.96. The SMILES string of the molecule is Cc1ccc(C(O)(CCC=O)C(F)(F)F)cc1-c1cnc(N)c(-c2cn[nH]c2)n1. The molecule has 1 aromatic carbocycles. The fraction of sp³-hybridized carbons (Fsp3) is 0.263. The summed E-state index contributed by atoms with van der Waals surface area (Å²) in [6.45, 7) is 1.70. The molecular formula is C19H18F3N5O2. The molecule has 3 aromatic rings. The van der Waals surface area contributed by atoms with Crippen LogP contribution in [0.3, 0.4) is 0 Å². The van der Waals surface area contributed by atoms with Gasteiger partial charge >= 0.3 is 6.18 Å². The Balaban J connectivity index is 2.13. The Morgan fingerprint density at radius 2 is 2.03 bits per heavy atom. The summed E-state index contributed by atoms with van der Waals surface area (Å²) in [7, 11) is 0. The summed E-state index contributed by atoms with van der Waals surface area (Å²) in [5.41, 5.74) is 4.50.